The molecule has 1 unspecified atom stereocenters. The first-order chi connectivity index (χ1) is 21.3. The van der Waals surface area contributed by atoms with E-state index in [0.29, 0.717) is 20.6 Å². The number of aryl methyl sites for hydroxylation is 1. The van der Waals surface area contributed by atoms with Crippen molar-refractivity contribution < 1.29 is 18.0 Å². The Hall–Kier alpha value is -3.56. The number of amides is 2. The van der Waals surface area contributed by atoms with Crippen molar-refractivity contribution in [1.82, 2.24) is 10.2 Å². The molecule has 0 heterocycles. The van der Waals surface area contributed by atoms with Gasteiger partial charge in [0.2, 0.25) is 11.8 Å². The largest absolute Gasteiger partial charge is 0.352 e. The molecule has 7 nitrogen and oxygen atoms in total. The number of halogens is 3. The lowest BCUT2D eigenvalue weighted by molar-refractivity contribution is -0.140. The van der Waals surface area contributed by atoms with Crippen molar-refractivity contribution in [1.29, 1.82) is 0 Å². The van der Waals surface area contributed by atoms with Gasteiger partial charge in [-0.1, -0.05) is 88.9 Å². The summed E-state index contributed by atoms with van der Waals surface area (Å²) in [5.74, 6) is -0.988. The maximum atomic E-state index is 14.5. The van der Waals surface area contributed by atoms with Crippen LogP contribution in [0.4, 0.5) is 5.69 Å². The smallest absolute Gasteiger partial charge is 0.264 e. The van der Waals surface area contributed by atoms with Gasteiger partial charge in [-0.05, 0) is 80.4 Å². The number of sulfonamides is 1. The Morgan fingerprint density at radius 2 is 1.44 bits per heavy atom. The molecular weight excluding hydrogens is 653 g/mol. The van der Waals surface area contributed by atoms with Crippen molar-refractivity contribution in [2.24, 2.45) is 0 Å². The molecule has 0 aliphatic carbocycles. The standard InChI is InChI=1S/C34H34Cl3N3O4S/c1-23(2)38-34(42)32(19-25-7-5-4-6-8-25)39(21-26-11-12-28(36)20-31(26)37)33(41)22-40(29-15-13-27(35)14-16-29)45(43,44)30-17-9-24(3)10-18-30/h4-18,20,23,32H,19,21-22H2,1-3H3,(H,38,42). The van der Waals surface area contributed by atoms with Crippen molar-refractivity contribution in [2.45, 2.75) is 50.7 Å². The van der Waals surface area contributed by atoms with Crippen molar-refractivity contribution in [3.8, 4) is 0 Å². The molecule has 4 aromatic rings. The number of anilines is 1. The maximum Gasteiger partial charge on any atom is 0.264 e. The van der Waals surface area contributed by atoms with Gasteiger partial charge in [0.25, 0.3) is 10.0 Å². The molecule has 4 aromatic carbocycles. The fourth-order valence-electron chi connectivity index (χ4n) is 4.74. The molecule has 2 amide bonds. The summed E-state index contributed by atoms with van der Waals surface area (Å²) in [6.07, 6.45) is 0.183. The molecule has 0 bridgehead atoms. The molecule has 0 aliphatic heterocycles. The van der Waals surface area contributed by atoms with Gasteiger partial charge in [-0.25, -0.2) is 8.42 Å². The van der Waals surface area contributed by atoms with Crippen molar-refractivity contribution >= 4 is 62.3 Å². The van der Waals surface area contributed by atoms with E-state index in [0.717, 1.165) is 15.4 Å². The Labute approximate surface area is 279 Å². The Morgan fingerprint density at radius 1 is 0.822 bits per heavy atom. The van der Waals surface area contributed by atoms with Gasteiger partial charge in [0.15, 0.2) is 0 Å². The monoisotopic (exact) mass is 685 g/mol. The highest BCUT2D eigenvalue weighted by Crippen LogP contribution is 2.28. The average molecular weight is 687 g/mol. The first-order valence-electron chi connectivity index (χ1n) is 14.3. The average Bonchev–Trinajstić information content (AvgIpc) is 2.99. The highest BCUT2D eigenvalue weighted by molar-refractivity contribution is 7.92. The van der Waals surface area contributed by atoms with E-state index in [9.17, 15) is 18.0 Å². The van der Waals surface area contributed by atoms with Crippen LogP contribution in [0.5, 0.6) is 0 Å². The summed E-state index contributed by atoms with van der Waals surface area (Å²) in [5.41, 5.74) is 2.49. The van der Waals surface area contributed by atoms with Gasteiger partial charge in [-0.3, -0.25) is 13.9 Å². The SMILES string of the molecule is Cc1ccc(S(=O)(=O)N(CC(=O)N(Cc2ccc(Cl)cc2Cl)C(Cc2ccccc2)C(=O)NC(C)C)c2ccc(Cl)cc2)cc1. The fraction of sp³-hybridized carbons (Fsp3) is 0.235. The van der Waals surface area contributed by atoms with E-state index in [1.165, 1.54) is 29.2 Å². The highest BCUT2D eigenvalue weighted by atomic mass is 35.5. The third-order valence-corrected chi connectivity index (χ3v) is 9.69. The summed E-state index contributed by atoms with van der Waals surface area (Å²) in [7, 11) is -4.22. The van der Waals surface area contributed by atoms with Gasteiger partial charge in [0, 0.05) is 34.1 Å². The number of hydrogen-bond donors (Lipinski definition) is 1. The van der Waals surface area contributed by atoms with Crippen LogP contribution in [0, 0.1) is 6.92 Å². The van der Waals surface area contributed by atoms with Crippen molar-refractivity contribution in [3.63, 3.8) is 0 Å². The second-order valence-corrected chi connectivity index (χ2v) is 14.1. The van der Waals surface area contributed by atoms with Crippen LogP contribution in [0.15, 0.2) is 102 Å². The molecule has 0 saturated carbocycles. The molecule has 0 aliphatic rings. The van der Waals surface area contributed by atoms with Crippen LogP contribution < -0.4 is 9.62 Å². The van der Waals surface area contributed by atoms with Gasteiger partial charge in [-0.2, -0.15) is 0 Å². The maximum absolute atomic E-state index is 14.5. The summed E-state index contributed by atoms with van der Waals surface area (Å²) in [6.45, 7) is 4.85. The van der Waals surface area contributed by atoms with E-state index in [4.69, 9.17) is 34.8 Å². The third-order valence-electron chi connectivity index (χ3n) is 7.06. The van der Waals surface area contributed by atoms with E-state index in [-0.39, 0.29) is 35.5 Å². The van der Waals surface area contributed by atoms with Gasteiger partial charge >= 0.3 is 0 Å². The summed E-state index contributed by atoms with van der Waals surface area (Å²) >= 11 is 18.8. The molecular formula is C34H34Cl3N3O4S. The minimum Gasteiger partial charge on any atom is -0.352 e. The van der Waals surface area contributed by atoms with Crippen LogP contribution in [0.25, 0.3) is 0 Å². The molecule has 0 spiro atoms. The first-order valence-corrected chi connectivity index (χ1v) is 16.8. The van der Waals surface area contributed by atoms with Gasteiger partial charge in [0.1, 0.15) is 12.6 Å². The van der Waals surface area contributed by atoms with E-state index < -0.39 is 28.5 Å². The minimum absolute atomic E-state index is 0.0153. The summed E-state index contributed by atoms with van der Waals surface area (Å²) in [6, 6.07) is 25.6. The Balaban J connectivity index is 1.82. The van der Waals surface area contributed by atoms with Crippen LogP contribution in [-0.2, 0) is 32.6 Å². The normalized spacial score (nSPS) is 12.1. The third kappa shape index (κ3) is 9.01. The lowest BCUT2D eigenvalue weighted by Crippen LogP contribution is -2.54. The topological polar surface area (TPSA) is 86.8 Å². The molecule has 11 heteroatoms. The zero-order valence-electron chi connectivity index (χ0n) is 25.1. The molecule has 0 radical (unpaired) electrons. The molecule has 1 N–H and O–H groups in total. The lowest BCUT2D eigenvalue weighted by atomic mass is 10.0. The van der Waals surface area contributed by atoms with Crippen molar-refractivity contribution in [2.75, 3.05) is 10.8 Å². The second kappa shape index (κ2) is 15.1. The van der Waals surface area contributed by atoms with E-state index in [1.807, 2.05) is 51.1 Å². The Kier molecular flexibility index (Phi) is 11.6. The molecule has 0 fully saturated rings. The summed E-state index contributed by atoms with van der Waals surface area (Å²) < 4.78 is 29.2. The predicted octanol–water partition coefficient (Wildman–Crippen LogP) is 7.32. The highest BCUT2D eigenvalue weighted by Gasteiger charge is 2.35. The first kappa shape index (κ1) is 34.3. The molecule has 4 rings (SSSR count). The van der Waals surface area contributed by atoms with E-state index >= 15 is 0 Å². The van der Waals surface area contributed by atoms with Crippen LogP contribution in [-0.4, -0.2) is 43.8 Å². The minimum atomic E-state index is -4.22. The number of carbonyl (C=O) groups is 2. The van der Waals surface area contributed by atoms with Gasteiger partial charge in [0.05, 0.1) is 10.6 Å². The molecule has 0 aromatic heterocycles. The summed E-state index contributed by atoms with van der Waals surface area (Å²) in [4.78, 5) is 29.6. The van der Waals surface area contributed by atoms with Crippen LogP contribution in [0.3, 0.4) is 0 Å². The quantitative estimate of drug-likeness (QED) is 0.169. The van der Waals surface area contributed by atoms with Crippen LogP contribution in [0.2, 0.25) is 15.1 Å². The van der Waals surface area contributed by atoms with Gasteiger partial charge in [-0.15, -0.1) is 0 Å². The Morgan fingerprint density at radius 3 is 2.04 bits per heavy atom. The predicted molar refractivity (Wildman–Crippen MR) is 181 cm³/mol. The van der Waals surface area contributed by atoms with Crippen LogP contribution in [0.1, 0.15) is 30.5 Å². The zero-order valence-corrected chi connectivity index (χ0v) is 28.2. The molecule has 45 heavy (non-hydrogen) atoms. The molecule has 0 saturated heterocycles. The van der Waals surface area contributed by atoms with Crippen LogP contribution >= 0.6 is 34.8 Å². The Bertz CT molecular complexity index is 1730. The number of benzene rings is 4. The van der Waals surface area contributed by atoms with Crippen molar-refractivity contribution in [3.05, 3.63) is 129 Å². The van der Waals surface area contributed by atoms with Gasteiger partial charge < -0.3 is 10.2 Å². The zero-order chi connectivity index (χ0) is 32.7. The number of nitrogens with zero attached hydrogens (tertiary/aromatic N) is 2. The number of nitrogens with one attached hydrogen (secondary N) is 1. The number of rotatable bonds is 12. The molecule has 236 valence electrons. The molecule has 1 atom stereocenters. The van der Waals surface area contributed by atoms with E-state index in [1.54, 1.807) is 42.5 Å². The summed E-state index contributed by atoms with van der Waals surface area (Å²) in [5, 5.41) is 4.06. The lowest BCUT2D eigenvalue weighted by Gasteiger charge is -2.34. The van der Waals surface area contributed by atoms with E-state index in [2.05, 4.69) is 5.32 Å². The number of hydrogen-bond acceptors (Lipinski definition) is 4. The number of carbonyl (C=O) groups excluding carboxylic acids is 2. The fourth-order valence-corrected chi connectivity index (χ4v) is 6.75. The second-order valence-electron chi connectivity index (χ2n) is 10.9.